The normalized spacial score (nSPS) is 22.8. The van der Waals surface area contributed by atoms with Crippen molar-refractivity contribution in [1.29, 1.82) is 0 Å². The molecule has 0 saturated carbocycles. The van der Waals surface area contributed by atoms with Crippen molar-refractivity contribution in [1.82, 2.24) is 19.5 Å². The van der Waals surface area contributed by atoms with Crippen LogP contribution in [0.5, 0.6) is 5.88 Å². The Morgan fingerprint density at radius 3 is 2.46 bits per heavy atom. The van der Waals surface area contributed by atoms with E-state index in [1.807, 2.05) is 6.92 Å². The number of nitrogens with zero attached hydrogens (tertiary/aromatic N) is 4. The van der Waals surface area contributed by atoms with E-state index in [0.29, 0.717) is 17.7 Å². The molecule has 1 aliphatic rings. The van der Waals surface area contributed by atoms with Crippen LogP contribution in [0, 0.1) is 18.8 Å². The summed E-state index contributed by atoms with van der Waals surface area (Å²) in [6.45, 7) is 8.52. The third-order valence-electron chi connectivity index (χ3n) is 5.00. The van der Waals surface area contributed by atoms with Crippen LogP contribution in [0.1, 0.15) is 42.6 Å². The first kappa shape index (κ1) is 17.9. The maximum atomic E-state index is 10.9. The molecule has 138 valence electrons. The van der Waals surface area contributed by atoms with Crippen LogP contribution in [-0.2, 0) is 0 Å². The molecular formula is C19H23BrN4OS. The van der Waals surface area contributed by atoms with Gasteiger partial charge in [0.15, 0.2) is 0 Å². The van der Waals surface area contributed by atoms with Crippen molar-refractivity contribution in [2.24, 2.45) is 11.8 Å². The van der Waals surface area contributed by atoms with Gasteiger partial charge >= 0.3 is 0 Å². The SMILES string of the molecule is Cc1nc2sc([C@H](c3ccc(Br)cc3)N3C[C@H](C)C[C@H](C)C3)c(O)n2n1. The monoisotopic (exact) mass is 434 g/mol. The van der Waals surface area contributed by atoms with Crippen molar-refractivity contribution in [2.45, 2.75) is 33.2 Å². The van der Waals surface area contributed by atoms with Gasteiger partial charge in [-0.05, 0) is 42.9 Å². The van der Waals surface area contributed by atoms with Gasteiger partial charge < -0.3 is 5.11 Å². The topological polar surface area (TPSA) is 53.7 Å². The van der Waals surface area contributed by atoms with Crippen molar-refractivity contribution >= 4 is 32.2 Å². The zero-order valence-corrected chi connectivity index (χ0v) is 17.6. The minimum atomic E-state index is 0.0158. The molecule has 0 bridgehead atoms. The van der Waals surface area contributed by atoms with Crippen LogP contribution in [0.2, 0.25) is 0 Å². The molecule has 3 heterocycles. The average molecular weight is 435 g/mol. The number of thiazole rings is 1. The second-order valence-electron chi connectivity index (χ2n) is 7.50. The van der Waals surface area contributed by atoms with Crippen molar-refractivity contribution in [3.8, 4) is 5.88 Å². The molecule has 3 aromatic rings. The average Bonchev–Trinajstić information content (AvgIpc) is 3.07. The van der Waals surface area contributed by atoms with Crippen LogP contribution in [0.4, 0.5) is 0 Å². The highest BCUT2D eigenvalue weighted by Gasteiger charge is 2.33. The highest BCUT2D eigenvalue weighted by Crippen LogP contribution is 2.42. The van der Waals surface area contributed by atoms with Crippen molar-refractivity contribution < 1.29 is 5.11 Å². The van der Waals surface area contributed by atoms with Gasteiger partial charge in [0.1, 0.15) is 5.82 Å². The van der Waals surface area contributed by atoms with Gasteiger partial charge in [-0.1, -0.05) is 53.2 Å². The van der Waals surface area contributed by atoms with Crippen LogP contribution in [0.15, 0.2) is 28.7 Å². The Bertz CT molecular complexity index is 910. The molecule has 1 N–H and O–H groups in total. The van der Waals surface area contributed by atoms with Crippen molar-refractivity contribution in [2.75, 3.05) is 13.1 Å². The lowest BCUT2D eigenvalue weighted by atomic mass is 9.89. The van der Waals surface area contributed by atoms with E-state index >= 15 is 0 Å². The molecule has 1 aromatic carbocycles. The number of benzene rings is 1. The van der Waals surface area contributed by atoms with E-state index in [9.17, 15) is 5.11 Å². The van der Waals surface area contributed by atoms with Gasteiger partial charge in [-0.25, -0.2) is 4.98 Å². The number of hydrogen-bond acceptors (Lipinski definition) is 5. The van der Waals surface area contributed by atoms with Crippen molar-refractivity contribution in [3.05, 3.63) is 45.0 Å². The van der Waals surface area contributed by atoms with Gasteiger partial charge in [0.2, 0.25) is 10.8 Å². The number of piperidine rings is 1. The Balaban J connectivity index is 1.82. The summed E-state index contributed by atoms with van der Waals surface area (Å²) in [5, 5.41) is 15.2. The van der Waals surface area contributed by atoms with Gasteiger partial charge in [0.05, 0.1) is 10.9 Å². The highest BCUT2D eigenvalue weighted by molar-refractivity contribution is 9.10. The molecule has 0 spiro atoms. The van der Waals surface area contributed by atoms with Gasteiger partial charge in [-0.2, -0.15) is 4.52 Å². The first-order chi connectivity index (χ1) is 12.4. The molecule has 3 atom stereocenters. The number of rotatable bonds is 3. The number of fused-ring (bicyclic) bond motifs is 1. The van der Waals surface area contributed by atoms with E-state index in [4.69, 9.17) is 0 Å². The molecule has 1 saturated heterocycles. The molecule has 2 aromatic heterocycles. The Hall–Kier alpha value is -1.44. The molecule has 1 fully saturated rings. The second kappa shape index (κ2) is 6.94. The maximum Gasteiger partial charge on any atom is 0.230 e. The number of hydrogen-bond donors (Lipinski definition) is 1. The van der Waals surface area contributed by atoms with Crippen LogP contribution >= 0.6 is 27.3 Å². The standard InChI is InChI=1S/C19H23BrN4OS/c1-11-8-12(2)10-23(9-11)16(14-4-6-15(20)7-5-14)17-18(25)24-19(26-17)21-13(3)22-24/h4-7,11-12,16,25H,8-10H2,1-3H3/t11-,12+,16-/m0/s1. The number of likely N-dealkylation sites (tertiary alicyclic amines) is 1. The van der Waals surface area contributed by atoms with Gasteiger partial charge in [0.25, 0.3) is 0 Å². The minimum Gasteiger partial charge on any atom is -0.492 e. The number of aryl methyl sites for hydroxylation is 1. The van der Waals surface area contributed by atoms with E-state index in [1.54, 1.807) is 4.52 Å². The Morgan fingerprint density at radius 2 is 1.85 bits per heavy atom. The van der Waals surface area contributed by atoms with Crippen LogP contribution < -0.4 is 0 Å². The molecular weight excluding hydrogens is 412 g/mol. The van der Waals surface area contributed by atoms with Crippen LogP contribution in [-0.4, -0.2) is 37.7 Å². The lowest BCUT2D eigenvalue weighted by Gasteiger charge is -2.40. The Kier molecular flexibility index (Phi) is 4.79. The third kappa shape index (κ3) is 3.28. The fraction of sp³-hybridized carbons (Fsp3) is 0.474. The number of halogens is 1. The Labute approximate surface area is 165 Å². The van der Waals surface area contributed by atoms with Crippen LogP contribution in [0.25, 0.3) is 4.96 Å². The Morgan fingerprint density at radius 1 is 1.19 bits per heavy atom. The molecule has 7 heteroatoms. The van der Waals surface area contributed by atoms with Gasteiger partial charge in [-0.15, -0.1) is 5.10 Å². The molecule has 5 nitrogen and oxygen atoms in total. The number of aromatic nitrogens is 3. The molecule has 4 rings (SSSR count). The summed E-state index contributed by atoms with van der Waals surface area (Å²) in [5.74, 6) is 2.18. The number of aromatic hydroxyl groups is 1. The summed E-state index contributed by atoms with van der Waals surface area (Å²) in [7, 11) is 0. The summed E-state index contributed by atoms with van der Waals surface area (Å²) in [6, 6.07) is 8.43. The quantitative estimate of drug-likeness (QED) is 0.652. The molecule has 0 amide bonds. The third-order valence-corrected chi connectivity index (χ3v) is 6.60. The van der Waals surface area contributed by atoms with Crippen molar-refractivity contribution in [3.63, 3.8) is 0 Å². The summed E-state index contributed by atoms with van der Waals surface area (Å²) in [5.41, 5.74) is 1.19. The molecule has 0 unspecified atom stereocenters. The maximum absolute atomic E-state index is 10.9. The summed E-state index contributed by atoms with van der Waals surface area (Å²) in [6.07, 6.45) is 1.25. The summed E-state index contributed by atoms with van der Waals surface area (Å²) >= 11 is 5.06. The van der Waals surface area contributed by atoms with E-state index in [2.05, 4.69) is 69.0 Å². The lowest BCUT2D eigenvalue weighted by Crippen LogP contribution is -2.41. The van der Waals surface area contributed by atoms with E-state index in [1.165, 1.54) is 23.3 Å². The zero-order valence-electron chi connectivity index (χ0n) is 15.2. The molecule has 0 radical (unpaired) electrons. The van der Waals surface area contributed by atoms with E-state index < -0.39 is 0 Å². The fourth-order valence-electron chi connectivity index (χ4n) is 4.12. The largest absolute Gasteiger partial charge is 0.492 e. The smallest absolute Gasteiger partial charge is 0.230 e. The van der Waals surface area contributed by atoms with Crippen LogP contribution in [0.3, 0.4) is 0 Å². The minimum absolute atomic E-state index is 0.0158. The predicted octanol–water partition coefficient (Wildman–Crippen LogP) is 4.63. The highest BCUT2D eigenvalue weighted by atomic mass is 79.9. The summed E-state index contributed by atoms with van der Waals surface area (Å²) in [4.78, 5) is 8.61. The molecule has 26 heavy (non-hydrogen) atoms. The van der Waals surface area contributed by atoms with Gasteiger partial charge in [-0.3, -0.25) is 4.90 Å². The van der Waals surface area contributed by atoms with E-state index in [0.717, 1.165) is 27.4 Å². The van der Waals surface area contributed by atoms with Gasteiger partial charge in [0, 0.05) is 17.6 Å². The van der Waals surface area contributed by atoms with E-state index in [-0.39, 0.29) is 11.9 Å². The second-order valence-corrected chi connectivity index (χ2v) is 9.42. The molecule has 0 aliphatic carbocycles. The molecule has 1 aliphatic heterocycles. The fourth-order valence-corrected chi connectivity index (χ4v) is 5.55. The zero-order chi connectivity index (χ0) is 18.4. The lowest BCUT2D eigenvalue weighted by molar-refractivity contribution is 0.112. The first-order valence-electron chi connectivity index (χ1n) is 8.97. The predicted molar refractivity (Wildman–Crippen MR) is 108 cm³/mol. The first-order valence-corrected chi connectivity index (χ1v) is 10.6. The summed E-state index contributed by atoms with van der Waals surface area (Å²) < 4.78 is 2.63.